The van der Waals surface area contributed by atoms with Crippen LogP contribution in [-0.2, 0) is 4.74 Å². The first-order valence-electron chi connectivity index (χ1n) is 6.78. The molecule has 102 valence electrons. The maximum atomic E-state index is 5.17. The highest BCUT2D eigenvalue weighted by molar-refractivity contribution is 5.78. The molecule has 0 fully saturated rings. The van der Waals surface area contributed by atoms with Crippen molar-refractivity contribution in [1.29, 1.82) is 0 Å². The molecule has 3 nitrogen and oxygen atoms in total. The van der Waals surface area contributed by atoms with E-state index < -0.39 is 0 Å². The molecule has 2 unspecified atom stereocenters. The molecule has 1 aromatic heterocycles. The maximum absolute atomic E-state index is 5.17. The molecule has 19 heavy (non-hydrogen) atoms. The SMILES string of the molecule is CNC(c1ccc2ccccc2n1)C(C)CCOC. The molecule has 0 aliphatic heterocycles. The van der Waals surface area contributed by atoms with Gasteiger partial charge in [-0.3, -0.25) is 4.98 Å². The van der Waals surface area contributed by atoms with E-state index in [1.54, 1.807) is 7.11 Å². The normalized spacial score (nSPS) is 14.5. The van der Waals surface area contributed by atoms with Crippen LogP contribution in [-0.4, -0.2) is 25.7 Å². The van der Waals surface area contributed by atoms with Crippen molar-refractivity contribution in [1.82, 2.24) is 10.3 Å². The van der Waals surface area contributed by atoms with E-state index in [0.717, 1.165) is 24.2 Å². The van der Waals surface area contributed by atoms with E-state index in [1.807, 2.05) is 19.2 Å². The molecule has 1 aromatic carbocycles. The standard InChI is InChI=1S/C16H22N2O/c1-12(10-11-19-3)16(17-2)15-9-8-13-6-4-5-7-14(13)18-15/h4-9,12,16-17H,10-11H2,1-3H3. The molecule has 0 radical (unpaired) electrons. The summed E-state index contributed by atoms with van der Waals surface area (Å²) >= 11 is 0. The molecule has 0 spiro atoms. The van der Waals surface area contributed by atoms with E-state index in [9.17, 15) is 0 Å². The Kier molecular flexibility index (Phi) is 4.88. The van der Waals surface area contributed by atoms with Gasteiger partial charge >= 0.3 is 0 Å². The Balaban J connectivity index is 2.24. The van der Waals surface area contributed by atoms with Gasteiger partial charge in [0.25, 0.3) is 0 Å². The van der Waals surface area contributed by atoms with E-state index >= 15 is 0 Å². The van der Waals surface area contributed by atoms with E-state index in [4.69, 9.17) is 9.72 Å². The molecule has 3 heteroatoms. The molecule has 1 N–H and O–H groups in total. The summed E-state index contributed by atoms with van der Waals surface area (Å²) < 4.78 is 5.17. The Morgan fingerprint density at radius 2 is 2.00 bits per heavy atom. The van der Waals surface area contributed by atoms with Gasteiger partial charge in [0.15, 0.2) is 0 Å². The van der Waals surface area contributed by atoms with Crippen molar-refractivity contribution >= 4 is 10.9 Å². The fourth-order valence-electron chi connectivity index (χ4n) is 2.45. The van der Waals surface area contributed by atoms with Gasteiger partial charge in [-0.1, -0.05) is 31.2 Å². The van der Waals surface area contributed by atoms with Crippen molar-refractivity contribution in [3.05, 3.63) is 42.1 Å². The van der Waals surface area contributed by atoms with Crippen molar-refractivity contribution < 1.29 is 4.74 Å². The summed E-state index contributed by atoms with van der Waals surface area (Å²) in [4.78, 5) is 4.77. The van der Waals surface area contributed by atoms with Crippen LogP contribution >= 0.6 is 0 Å². The highest BCUT2D eigenvalue weighted by Crippen LogP contribution is 2.24. The van der Waals surface area contributed by atoms with Gasteiger partial charge in [0.1, 0.15) is 0 Å². The molecule has 1 heterocycles. The molecule has 0 saturated carbocycles. The molecule has 2 rings (SSSR count). The van der Waals surface area contributed by atoms with Crippen LogP contribution in [0.25, 0.3) is 10.9 Å². The van der Waals surface area contributed by atoms with Crippen LogP contribution in [0.2, 0.25) is 0 Å². The summed E-state index contributed by atoms with van der Waals surface area (Å²) in [5.41, 5.74) is 2.16. The van der Waals surface area contributed by atoms with E-state index in [-0.39, 0.29) is 6.04 Å². The van der Waals surface area contributed by atoms with Crippen LogP contribution in [0.4, 0.5) is 0 Å². The summed E-state index contributed by atoms with van der Waals surface area (Å²) in [5, 5.41) is 4.56. The maximum Gasteiger partial charge on any atom is 0.0706 e. The van der Waals surface area contributed by atoms with Gasteiger partial charge in [0.2, 0.25) is 0 Å². The molecule has 2 aromatic rings. The van der Waals surface area contributed by atoms with Crippen molar-refractivity contribution in [2.75, 3.05) is 20.8 Å². The third-order valence-electron chi connectivity index (χ3n) is 3.60. The highest BCUT2D eigenvalue weighted by Gasteiger charge is 2.18. The molecule has 0 saturated heterocycles. The Hall–Kier alpha value is -1.45. The number of rotatable bonds is 6. The van der Waals surface area contributed by atoms with Crippen LogP contribution in [0.3, 0.4) is 0 Å². The third-order valence-corrected chi connectivity index (χ3v) is 3.60. The van der Waals surface area contributed by atoms with Crippen LogP contribution in [0.5, 0.6) is 0 Å². The summed E-state index contributed by atoms with van der Waals surface area (Å²) in [6.45, 7) is 3.02. The zero-order valence-corrected chi connectivity index (χ0v) is 11.9. The van der Waals surface area contributed by atoms with Crippen molar-refractivity contribution in [2.24, 2.45) is 5.92 Å². The molecular weight excluding hydrogens is 236 g/mol. The second-order valence-electron chi connectivity index (χ2n) is 4.95. The largest absolute Gasteiger partial charge is 0.385 e. The molecule has 0 aliphatic carbocycles. The summed E-state index contributed by atoms with van der Waals surface area (Å²) in [7, 11) is 3.74. The van der Waals surface area contributed by atoms with E-state index in [2.05, 4.69) is 36.5 Å². The Morgan fingerprint density at radius 3 is 2.74 bits per heavy atom. The van der Waals surface area contributed by atoms with E-state index in [0.29, 0.717) is 5.92 Å². The number of hydrogen-bond donors (Lipinski definition) is 1. The van der Waals surface area contributed by atoms with Crippen molar-refractivity contribution in [2.45, 2.75) is 19.4 Å². The smallest absolute Gasteiger partial charge is 0.0706 e. The zero-order valence-electron chi connectivity index (χ0n) is 11.9. The Labute approximate surface area is 115 Å². The number of nitrogens with zero attached hydrogens (tertiary/aromatic N) is 1. The first kappa shape index (κ1) is 14.0. The number of methoxy groups -OCH3 is 1. The lowest BCUT2D eigenvalue weighted by Gasteiger charge is -2.23. The quantitative estimate of drug-likeness (QED) is 0.864. The lowest BCUT2D eigenvalue weighted by molar-refractivity contribution is 0.171. The first-order chi connectivity index (χ1) is 9.26. The van der Waals surface area contributed by atoms with Crippen LogP contribution in [0, 0.1) is 5.92 Å². The molecule has 0 aliphatic rings. The monoisotopic (exact) mass is 258 g/mol. The van der Waals surface area contributed by atoms with Gasteiger partial charge in [-0.2, -0.15) is 0 Å². The van der Waals surface area contributed by atoms with Gasteiger partial charge in [-0.15, -0.1) is 0 Å². The van der Waals surface area contributed by atoms with Gasteiger partial charge in [-0.25, -0.2) is 0 Å². The molecular formula is C16H22N2O. The number of fused-ring (bicyclic) bond motifs is 1. The highest BCUT2D eigenvalue weighted by atomic mass is 16.5. The summed E-state index contributed by atoms with van der Waals surface area (Å²) in [5.74, 6) is 0.485. The van der Waals surface area contributed by atoms with Gasteiger partial charge in [-0.05, 0) is 31.5 Å². The Bertz CT molecular complexity index is 527. The van der Waals surface area contributed by atoms with Crippen LogP contribution < -0.4 is 5.32 Å². The Morgan fingerprint density at radius 1 is 1.21 bits per heavy atom. The average molecular weight is 258 g/mol. The average Bonchev–Trinajstić information content (AvgIpc) is 2.45. The van der Waals surface area contributed by atoms with Gasteiger partial charge in [0.05, 0.1) is 17.3 Å². The van der Waals surface area contributed by atoms with Crippen LogP contribution in [0.1, 0.15) is 25.1 Å². The number of hydrogen-bond acceptors (Lipinski definition) is 3. The molecule has 0 amide bonds. The predicted octanol–water partition coefficient (Wildman–Crippen LogP) is 3.17. The number of para-hydroxylation sites is 1. The molecule has 2 atom stereocenters. The fourth-order valence-corrected chi connectivity index (χ4v) is 2.45. The van der Waals surface area contributed by atoms with Gasteiger partial charge in [0, 0.05) is 19.1 Å². The third kappa shape index (κ3) is 3.31. The lowest BCUT2D eigenvalue weighted by Crippen LogP contribution is -2.25. The second kappa shape index (κ2) is 6.64. The second-order valence-corrected chi connectivity index (χ2v) is 4.95. The zero-order chi connectivity index (χ0) is 13.7. The van der Waals surface area contributed by atoms with Crippen molar-refractivity contribution in [3.63, 3.8) is 0 Å². The summed E-state index contributed by atoms with van der Waals surface area (Å²) in [6.07, 6.45) is 1.02. The minimum atomic E-state index is 0.264. The molecule has 0 bridgehead atoms. The number of aromatic nitrogens is 1. The number of nitrogens with one attached hydrogen (secondary N) is 1. The van der Waals surface area contributed by atoms with Crippen LogP contribution in [0.15, 0.2) is 36.4 Å². The topological polar surface area (TPSA) is 34.2 Å². The first-order valence-corrected chi connectivity index (χ1v) is 6.78. The minimum absolute atomic E-state index is 0.264. The van der Waals surface area contributed by atoms with Gasteiger partial charge < -0.3 is 10.1 Å². The fraction of sp³-hybridized carbons (Fsp3) is 0.438. The van der Waals surface area contributed by atoms with Crippen molar-refractivity contribution in [3.8, 4) is 0 Å². The minimum Gasteiger partial charge on any atom is -0.385 e. The lowest BCUT2D eigenvalue weighted by atomic mass is 9.95. The number of ether oxygens (including phenoxy) is 1. The predicted molar refractivity (Wildman–Crippen MR) is 79.2 cm³/mol. The van der Waals surface area contributed by atoms with E-state index in [1.165, 1.54) is 5.39 Å². The summed E-state index contributed by atoms with van der Waals surface area (Å²) in [6, 6.07) is 12.8. The number of pyridine rings is 1. The number of benzene rings is 1.